The fourth-order valence-electron chi connectivity index (χ4n) is 1.29. The molecule has 0 radical (unpaired) electrons. The maximum absolute atomic E-state index is 7.93. The van der Waals surface area contributed by atoms with Crippen molar-refractivity contribution in [2.75, 3.05) is 17.9 Å². The number of anilines is 1. The van der Waals surface area contributed by atoms with Gasteiger partial charge in [-0.05, 0) is 31.4 Å². The number of benzene rings is 1. The second kappa shape index (κ2) is 3.61. The van der Waals surface area contributed by atoms with Crippen molar-refractivity contribution in [1.82, 2.24) is 0 Å². The second-order valence-corrected chi connectivity index (χ2v) is 2.84. The summed E-state index contributed by atoms with van der Waals surface area (Å²) in [5.41, 5.74) is 0.609. The highest BCUT2D eigenvalue weighted by Crippen LogP contribution is 2.18. The van der Waals surface area contributed by atoms with Gasteiger partial charge in [0, 0.05) is 24.2 Å². The summed E-state index contributed by atoms with van der Waals surface area (Å²) in [5.74, 6) is 0. The third-order valence-electron chi connectivity index (χ3n) is 1.91. The van der Waals surface area contributed by atoms with E-state index < -0.39 is 13.0 Å². The van der Waals surface area contributed by atoms with Gasteiger partial charge in [0.1, 0.15) is 0 Å². The summed E-state index contributed by atoms with van der Waals surface area (Å²) in [6.45, 7) is -3.22. The molecule has 1 aliphatic heterocycles. The van der Waals surface area contributed by atoms with E-state index in [1.165, 1.54) is 4.90 Å². The number of hydrogen-bond donors (Lipinski definition) is 0. The van der Waals surface area contributed by atoms with Gasteiger partial charge in [-0.1, -0.05) is 18.2 Å². The molecule has 2 rings (SSSR count). The Morgan fingerprint density at radius 3 is 2.33 bits per heavy atom. The molecule has 0 aromatic heterocycles. The van der Waals surface area contributed by atoms with Crippen LogP contribution < -0.4 is 4.90 Å². The van der Waals surface area contributed by atoms with Crippen molar-refractivity contribution in [3.05, 3.63) is 30.3 Å². The molecule has 0 atom stereocenters. The zero-order valence-electron chi connectivity index (χ0n) is 11.0. The summed E-state index contributed by atoms with van der Waals surface area (Å²) in [7, 11) is 0. The maximum atomic E-state index is 7.93. The zero-order chi connectivity index (χ0) is 11.8. The van der Waals surface area contributed by atoms with E-state index in [2.05, 4.69) is 0 Å². The van der Waals surface area contributed by atoms with Crippen molar-refractivity contribution in [3.63, 3.8) is 0 Å². The molecule has 0 aliphatic carbocycles. The number of hydrogen-bond acceptors (Lipinski definition) is 1. The van der Waals surface area contributed by atoms with Crippen LogP contribution in [0, 0.1) is 0 Å². The van der Waals surface area contributed by atoms with Gasteiger partial charge >= 0.3 is 0 Å². The van der Waals surface area contributed by atoms with Crippen LogP contribution in [0.4, 0.5) is 5.69 Å². The number of nitrogens with zero attached hydrogens (tertiary/aromatic N) is 1. The van der Waals surface area contributed by atoms with Crippen molar-refractivity contribution in [2.24, 2.45) is 0 Å². The van der Waals surface area contributed by atoms with Crippen molar-refractivity contribution in [2.45, 2.75) is 19.3 Å². The lowest BCUT2D eigenvalue weighted by Crippen LogP contribution is -2.29. The Hall–Kier alpha value is -0.980. The summed E-state index contributed by atoms with van der Waals surface area (Å²) in [6, 6.07) is 8.95. The topological polar surface area (TPSA) is 3.24 Å². The smallest absolute Gasteiger partial charge is 0.0493 e. The van der Waals surface area contributed by atoms with Gasteiger partial charge in [0.25, 0.3) is 0 Å². The molecule has 0 saturated carbocycles. The van der Waals surface area contributed by atoms with Crippen LogP contribution in [-0.4, -0.2) is 13.0 Å². The average Bonchev–Trinajstić information content (AvgIpc) is 2.16. The van der Waals surface area contributed by atoms with E-state index in [9.17, 15) is 0 Å². The van der Waals surface area contributed by atoms with Crippen molar-refractivity contribution < 1.29 is 5.48 Å². The van der Waals surface area contributed by atoms with Crippen LogP contribution in [0.5, 0.6) is 0 Å². The first-order valence-electron chi connectivity index (χ1n) is 6.29. The van der Waals surface area contributed by atoms with E-state index in [-0.39, 0.29) is 0 Å². The molecule has 0 amide bonds. The quantitative estimate of drug-likeness (QED) is 0.618. The van der Waals surface area contributed by atoms with Crippen LogP contribution >= 0.6 is 0 Å². The monoisotopic (exact) mass is 165 g/mol. The maximum Gasteiger partial charge on any atom is 0.0493 e. The van der Waals surface area contributed by atoms with Gasteiger partial charge in [0.05, 0.1) is 0 Å². The van der Waals surface area contributed by atoms with E-state index in [4.69, 9.17) is 5.48 Å². The number of rotatable bonds is 1. The Morgan fingerprint density at radius 1 is 1.00 bits per heavy atom. The molecular formula is C11H15N. The van der Waals surface area contributed by atoms with Crippen LogP contribution in [0.25, 0.3) is 0 Å². The van der Waals surface area contributed by atoms with Crippen LogP contribution in [-0.2, 0) is 0 Å². The van der Waals surface area contributed by atoms with Gasteiger partial charge in [-0.25, -0.2) is 0 Å². The lowest BCUT2D eigenvalue weighted by molar-refractivity contribution is 0.578. The Morgan fingerprint density at radius 2 is 1.67 bits per heavy atom. The summed E-state index contributed by atoms with van der Waals surface area (Å²) in [4.78, 5) is 1.27. The third kappa shape index (κ3) is 1.60. The molecule has 12 heavy (non-hydrogen) atoms. The normalized spacial score (nSPS) is 31.2. The van der Waals surface area contributed by atoms with Gasteiger partial charge in [-0.3, -0.25) is 0 Å². The molecular weight excluding hydrogens is 146 g/mol. The first kappa shape index (κ1) is 4.31. The predicted octanol–water partition coefficient (Wildman–Crippen LogP) is 2.68. The summed E-state index contributed by atoms with van der Waals surface area (Å²) in [5, 5.41) is 0. The van der Waals surface area contributed by atoms with Crippen LogP contribution in [0.1, 0.15) is 24.7 Å². The second-order valence-electron chi connectivity index (χ2n) is 2.84. The van der Waals surface area contributed by atoms with E-state index in [1.807, 2.05) is 6.07 Å². The minimum Gasteiger partial charge on any atom is -0.372 e. The molecule has 1 aromatic carbocycles. The molecule has 64 valence electrons. The highest BCUT2D eigenvalue weighted by molar-refractivity contribution is 5.46. The van der Waals surface area contributed by atoms with E-state index in [0.29, 0.717) is 24.9 Å². The Labute approximate surface area is 79.6 Å². The predicted molar refractivity (Wildman–Crippen MR) is 52.5 cm³/mol. The summed E-state index contributed by atoms with van der Waals surface area (Å²) < 4.78 is 31.7. The van der Waals surface area contributed by atoms with E-state index in [0.717, 1.165) is 0 Å². The molecule has 1 fully saturated rings. The van der Waals surface area contributed by atoms with Crippen molar-refractivity contribution >= 4 is 5.69 Å². The molecule has 1 nitrogen and oxygen atoms in total. The molecule has 1 heterocycles. The third-order valence-corrected chi connectivity index (χ3v) is 1.91. The van der Waals surface area contributed by atoms with E-state index in [1.54, 1.807) is 24.3 Å². The van der Waals surface area contributed by atoms with E-state index >= 15 is 0 Å². The molecule has 0 N–H and O–H groups in total. The Kier molecular flexibility index (Phi) is 1.30. The minimum atomic E-state index is -1.61. The highest BCUT2D eigenvalue weighted by atomic mass is 15.1. The van der Waals surface area contributed by atoms with Crippen molar-refractivity contribution in [3.8, 4) is 0 Å². The van der Waals surface area contributed by atoms with Crippen LogP contribution in [0.2, 0.25) is 0 Å². The molecule has 0 unspecified atom stereocenters. The fraction of sp³-hybridized carbons (Fsp3) is 0.455. The molecule has 1 heteroatoms. The zero-order valence-corrected chi connectivity index (χ0v) is 6.96. The highest BCUT2D eigenvalue weighted by Gasteiger charge is 2.09. The van der Waals surface area contributed by atoms with Gasteiger partial charge in [0.15, 0.2) is 0 Å². The average molecular weight is 165 g/mol. The van der Waals surface area contributed by atoms with Gasteiger partial charge in [0.2, 0.25) is 0 Å². The largest absolute Gasteiger partial charge is 0.372 e. The molecule has 1 saturated heterocycles. The van der Waals surface area contributed by atoms with Crippen LogP contribution in [0.3, 0.4) is 0 Å². The summed E-state index contributed by atoms with van der Waals surface area (Å²) >= 11 is 0. The number of para-hydroxylation sites is 1. The summed E-state index contributed by atoms with van der Waals surface area (Å²) in [6.07, 6.45) is 1.34. The van der Waals surface area contributed by atoms with Gasteiger partial charge < -0.3 is 4.90 Å². The first-order chi connectivity index (χ1) is 7.43. The molecule has 0 bridgehead atoms. The lowest BCUT2D eigenvalue weighted by Gasteiger charge is -2.28. The van der Waals surface area contributed by atoms with Gasteiger partial charge in [-0.15, -0.1) is 0 Å². The number of piperidine rings is 1. The molecule has 1 aromatic rings. The first-order valence-corrected chi connectivity index (χ1v) is 4.29. The molecule has 1 aliphatic rings. The fourth-order valence-corrected chi connectivity index (χ4v) is 1.29. The Balaban J connectivity index is 2.41. The SMILES string of the molecule is [2H]C1([2H])CCCC([2H])([2H])N1c1ccccc1. The molecule has 0 spiro atoms. The van der Waals surface area contributed by atoms with Crippen molar-refractivity contribution in [1.29, 1.82) is 0 Å². The lowest BCUT2D eigenvalue weighted by atomic mass is 10.1. The van der Waals surface area contributed by atoms with Gasteiger partial charge in [-0.2, -0.15) is 0 Å². The van der Waals surface area contributed by atoms with Crippen LogP contribution in [0.15, 0.2) is 30.3 Å². The standard InChI is InChI=1S/C11H15N/c1-3-7-11(8-4-1)12-9-5-2-6-10-12/h1,3-4,7-8H,2,5-6,9-10H2/i9D2,10D2. The minimum absolute atomic E-state index is 0.376. The Bertz CT molecular complexity index is 348.